The molecule has 0 bridgehead atoms. The zero-order chi connectivity index (χ0) is 53.6. The van der Waals surface area contributed by atoms with Crippen molar-refractivity contribution in [1.82, 2.24) is 30.2 Å². The van der Waals surface area contributed by atoms with Crippen LogP contribution < -0.4 is 20.7 Å². The van der Waals surface area contributed by atoms with Crippen LogP contribution in [0.2, 0.25) is 5.02 Å². The summed E-state index contributed by atoms with van der Waals surface area (Å²) in [5.41, 5.74) is 13.0. The summed E-state index contributed by atoms with van der Waals surface area (Å²) >= 11 is 9.56. The number of hydrogen-bond donors (Lipinski definition) is 3. The van der Waals surface area contributed by atoms with E-state index in [-0.39, 0.29) is 36.5 Å². The molecule has 21 heteroatoms. The van der Waals surface area contributed by atoms with Gasteiger partial charge in [-0.15, -0.1) is 16.4 Å². The van der Waals surface area contributed by atoms with E-state index in [4.69, 9.17) is 41.0 Å². The summed E-state index contributed by atoms with van der Waals surface area (Å²) in [7, 11) is 0. The third-order valence-electron chi connectivity index (χ3n) is 11.1. The lowest BCUT2D eigenvalue weighted by molar-refractivity contribution is -0.132. The number of para-hydroxylation sites is 1. The Balaban J connectivity index is 0.000000254. The van der Waals surface area contributed by atoms with Crippen LogP contribution in [0.5, 0.6) is 5.75 Å². The molecule has 0 aliphatic carbocycles. The molecule has 0 radical (unpaired) electrons. The van der Waals surface area contributed by atoms with E-state index < -0.39 is 5.91 Å². The van der Waals surface area contributed by atoms with Crippen molar-refractivity contribution in [3.05, 3.63) is 130 Å². The van der Waals surface area contributed by atoms with Crippen molar-refractivity contribution < 1.29 is 48.0 Å². The van der Waals surface area contributed by atoms with E-state index in [1.54, 1.807) is 68.0 Å². The molecule has 1 atom stereocenters. The normalized spacial score (nSPS) is 13.7. The number of thiazole rings is 1. The Hall–Kier alpha value is -6.23. The van der Waals surface area contributed by atoms with Crippen LogP contribution in [-0.4, -0.2) is 126 Å². The molecule has 2 aliphatic rings. The van der Waals surface area contributed by atoms with Crippen LogP contribution in [0.25, 0.3) is 10.4 Å². The fraction of sp³-hybridized carbons (Fsp3) is 0.389. The lowest BCUT2D eigenvalue weighted by Crippen LogP contribution is -2.32. The molecule has 2 aliphatic heterocycles. The molecule has 0 spiro atoms. The number of nitrogens with two attached hydrogens (primary N) is 1. The Morgan fingerprint density at radius 2 is 1.56 bits per heavy atom. The van der Waals surface area contributed by atoms with Crippen molar-refractivity contribution >= 4 is 70.2 Å². The molecule has 1 fully saturated rings. The van der Waals surface area contributed by atoms with Crippen LogP contribution in [0.3, 0.4) is 0 Å². The van der Waals surface area contributed by atoms with Gasteiger partial charge in [0, 0.05) is 46.4 Å². The maximum atomic E-state index is 13.7. The molecular formula is C54H65ClN8O10S2. The third kappa shape index (κ3) is 19.1. The third-order valence-corrected chi connectivity index (χ3v) is 13.5. The molecule has 2 aromatic heterocycles. The molecule has 18 nitrogen and oxygen atoms in total. The number of likely N-dealkylation sites (tertiary alicyclic amines) is 1. The smallest absolute Gasteiger partial charge is 0.262 e. The predicted molar refractivity (Wildman–Crippen MR) is 288 cm³/mol. The molecule has 4 amide bonds. The van der Waals surface area contributed by atoms with E-state index in [1.165, 1.54) is 10.4 Å². The van der Waals surface area contributed by atoms with Gasteiger partial charge in [-0.05, 0) is 84.5 Å². The van der Waals surface area contributed by atoms with E-state index in [2.05, 4.69) is 53.5 Å². The average molecular weight is 1090 g/mol. The van der Waals surface area contributed by atoms with Gasteiger partial charge in [0.05, 0.1) is 92.6 Å². The highest BCUT2D eigenvalue weighted by Gasteiger charge is 2.30. The van der Waals surface area contributed by atoms with Crippen molar-refractivity contribution in [3.63, 3.8) is 0 Å². The Bertz CT molecular complexity index is 2750. The number of aliphatic hydroxyl groups is 1. The number of carbonyl (C=O) groups is 4. The number of halogens is 1. The van der Waals surface area contributed by atoms with Crippen LogP contribution in [0.15, 0.2) is 112 Å². The first kappa shape index (κ1) is 58.0. The Kier molecular flexibility index (Phi) is 23.0. The van der Waals surface area contributed by atoms with Gasteiger partial charge in [0.25, 0.3) is 5.91 Å². The number of β-amino-alcohol motifs (C(OH)–C–C–N with tert-alkyl or cyclic N) is 1. The average Bonchev–Trinajstić information content (AvgIpc) is 4.18. The quantitative estimate of drug-likeness (QED) is 0.0410. The first-order chi connectivity index (χ1) is 36.2. The summed E-state index contributed by atoms with van der Waals surface area (Å²) in [6.07, 6.45) is 3.51. The van der Waals surface area contributed by atoms with E-state index in [9.17, 15) is 24.3 Å². The first-order valence-electron chi connectivity index (χ1n) is 24.4. The fourth-order valence-corrected chi connectivity index (χ4v) is 9.49. The monoisotopic (exact) mass is 1080 g/mol. The zero-order valence-electron chi connectivity index (χ0n) is 42.7. The molecular weight excluding hydrogens is 1020 g/mol. The fourth-order valence-electron chi connectivity index (χ4n) is 7.48. The lowest BCUT2D eigenvalue weighted by atomic mass is 9.92. The number of nitrogens with zero attached hydrogens (tertiary/aromatic N) is 6. The first-order valence-corrected chi connectivity index (χ1v) is 26.5. The number of carbonyl (C=O) groups excluding carboxylic acids is 4. The largest absolute Gasteiger partial charge is 0.487 e. The van der Waals surface area contributed by atoms with Crippen LogP contribution in [-0.2, 0) is 53.0 Å². The molecule has 4 aromatic carbocycles. The van der Waals surface area contributed by atoms with Crippen molar-refractivity contribution in [2.24, 2.45) is 11.1 Å². The number of hydrogen-bond acceptors (Lipinski definition) is 15. The second-order valence-electron chi connectivity index (χ2n) is 18.4. The van der Waals surface area contributed by atoms with Crippen LogP contribution in [0.4, 0.5) is 11.4 Å². The minimum absolute atomic E-state index is 0.0463. The Labute approximate surface area is 450 Å². The van der Waals surface area contributed by atoms with Crippen LogP contribution in [0, 0.1) is 12.3 Å². The number of nitrogens with one attached hydrogen (secondary N) is 1. The van der Waals surface area contributed by atoms with Gasteiger partial charge in [-0.3, -0.25) is 24.1 Å². The second kappa shape index (κ2) is 29.8. The maximum Gasteiger partial charge on any atom is 0.262 e. The molecule has 6 aromatic rings. The van der Waals surface area contributed by atoms with Crippen LogP contribution in [0.1, 0.15) is 60.9 Å². The van der Waals surface area contributed by atoms with Crippen LogP contribution >= 0.6 is 34.7 Å². The number of benzene rings is 4. The van der Waals surface area contributed by atoms with E-state index in [0.717, 1.165) is 45.4 Å². The van der Waals surface area contributed by atoms with Gasteiger partial charge in [-0.2, -0.15) is 0 Å². The van der Waals surface area contributed by atoms with Gasteiger partial charge in [0.15, 0.2) is 0 Å². The number of ether oxygens (including phenoxy) is 5. The summed E-state index contributed by atoms with van der Waals surface area (Å²) in [6.45, 7) is 13.5. The second-order valence-corrected chi connectivity index (χ2v) is 20.8. The van der Waals surface area contributed by atoms with E-state index in [1.807, 2.05) is 67.0 Å². The van der Waals surface area contributed by atoms with Gasteiger partial charge in [-0.25, -0.2) is 9.67 Å². The van der Waals surface area contributed by atoms with Crippen molar-refractivity contribution in [2.75, 3.05) is 70.8 Å². The van der Waals surface area contributed by atoms with Crippen molar-refractivity contribution in [3.8, 4) is 16.2 Å². The van der Waals surface area contributed by atoms with Gasteiger partial charge >= 0.3 is 0 Å². The number of aliphatic hydroxyl groups excluding tert-OH is 1. The highest BCUT2D eigenvalue weighted by molar-refractivity contribution is 7.99. The molecule has 75 heavy (non-hydrogen) atoms. The summed E-state index contributed by atoms with van der Waals surface area (Å²) < 4.78 is 28.9. The zero-order valence-corrected chi connectivity index (χ0v) is 45.0. The number of aromatic nitrogens is 4. The molecule has 8 rings (SSSR count). The van der Waals surface area contributed by atoms with E-state index in [0.29, 0.717) is 101 Å². The Morgan fingerprint density at radius 1 is 0.880 bits per heavy atom. The minimum Gasteiger partial charge on any atom is -0.487 e. The van der Waals surface area contributed by atoms with Gasteiger partial charge < -0.3 is 44.7 Å². The Morgan fingerprint density at radius 3 is 2.20 bits per heavy atom. The molecule has 400 valence electrons. The highest BCUT2D eigenvalue weighted by Crippen LogP contribution is 2.49. The summed E-state index contributed by atoms with van der Waals surface area (Å²) in [5.74, 6) is 0.113. The van der Waals surface area contributed by atoms with Gasteiger partial charge in [0.1, 0.15) is 24.7 Å². The number of amides is 4. The van der Waals surface area contributed by atoms with Gasteiger partial charge in [0.2, 0.25) is 18.2 Å². The van der Waals surface area contributed by atoms with Crippen molar-refractivity contribution in [2.45, 2.75) is 76.1 Å². The standard InChI is InChI=1S/C32H34ClN5O7S.C12H12N2OS.C10H19NO2/c33-24-7-10-30-28(19-24)38(27-3-1-2-4-29(27)46-30)32(40)23-5-8-26(9-6-23)45-21-25-20-37(36-35-25)11-12-41-13-14-42-15-16-43-17-18-44-22-31(34)39;1-9-12(16-8-14-9)11-4-2-10(3-5-11)6-13-7-15;1-10(2,3)6-9(13)11-5-4-8(12)7-11/h1-10,19-20H,11-18,21-22H2,(H2,34,39);2-5,7-8H,6H2,1H3,(H,13,15);8,12H,4-7H2,1-3H3. The molecule has 4 heterocycles. The van der Waals surface area contributed by atoms with Gasteiger partial charge in [-0.1, -0.05) is 85.7 Å². The number of primary amides is 1. The topological polar surface area (TPSA) is 223 Å². The van der Waals surface area contributed by atoms with Crippen molar-refractivity contribution in [1.29, 1.82) is 0 Å². The summed E-state index contributed by atoms with van der Waals surface area (Å²) in [4.78, 5) is 56.9. The number of rotatable bonds is 23. The number of fused-ring (bicyclic) bond motifs is 2. The molecule has 4 N–H and O–H groups in total. The number of anilines is 2. The maximum absolute atomic E-state index is 13.7. The number of aryl methyl sites for hydroxylation is 1. The molecule has 1 saturated heterocycles. The minimum atomic E-state index is -0.506. The molecule has 0 saturated carbocycles. The SMILES string of the molecule is CC(C)(C)CC(=O)N1CCC(O)C1.Cc1ncsc1-c1ccc(CNC=O)cc1.NC(=O)COCCOCCOCCOCCn1cc(COc2ccc(C(=O)N3c4ccccc4Sc4ccc(Cl)cc43)cc2)nn1. The summed E-state index contributed by atoms with van der Waals surface area (Å²) in [6, 6.07) is 28.6. The predicted octanol–water partition coefficient (Wildman–Crippen LogP) is 7.89. The summed E-state index contributed by atoms with van der Waals surface area (Å²) in [5, 5.41) is 20.7. The lowest BCUT2D eigenvalue weighted by Gasteiger charge is -2.31. The highest BCUT2D eigenvalue weighted by atomic mass is 35.5. The molecule has 1 unspecified atom stereocenters. The van der Waals surface area contributed by atoms with E-state index >= 15 is 0 Å².